The van der Waals surface area contributed by atoms with E-state index in [9.17, 15) is 19.5 Å². The summed E-state index contributed by atoms with van der Waals surface area (Å²) < 4.78 is 0. The average Bonchev–Trinajstić information content (AvgIpc) is 2.74. The summed E-state index contributed by atoms with van der Waals surface area (Å²) in [6.07, 6.45) is 0.277. The van der Waals surface area contributed by atoms with Crippen LogP contribution >= 0.6 is 0 Å². The van der Waals surface area contributed by atoms with Crippen molar-refractivity contribution in [2.75, 3.05) is 27.2 Å². The fraction of sp³-hybridized carbons (Fsp3) is 0.261. The molecule has 0 bridgehead atoms. The largest absolute Gasteiger partial charge is 0.465 e. The summed E-state index contributed by atoms with van der Waals surface area (Å²) in [7, 11) is 3.41. The zero-order valence-corrected chi connectivity index (χ0v) is 17.1. The van der Waals surface area contributed by atoms with Gasteiger partial charge in [-0.25, -0.2) is 4.79 Å². The topological polar surface area (TPSA) is 104 Å². The monoisotopic (exact) mass is 407 g/mol. The molecule has 3 rings (SSSR count). The molecular formula is C23H25N3O4. The quantitative estimate of drug-likeness (QED) is 0.813. The Hall–Kier alpha value is -3.61. The number of nitrogens with zero attached hydrogens (tertiary/aromatic N) is 2. The van der Waals surface area contributed by atoms with E-state index in [2.05, 4.69) is 0 Å². The first kappa shape index (κ1) is 21.1. The summed E-state index contributed by atoms with van der Waals surface area (Å²) in [6, 6.07) is 14.5. The predicted octanol–water partition coefficient (Wildman–Crippen LogP) is 3.06. The first-order chi connectivity index (χ1) is 14.3. The fourth-order valence-corrected chi connectivity index (χ4v) is 3.66. The fourth-order valence-electron chi connectivity index (χ4n) is 3.66. The normalized spacial score (nSPS) is 13.7. The Labute approximate surface area is 175 Å². The summed E-state index contributed by atoms with van der Waals surface area (Å²) in [5.74, 6) is -0.588. The third kappa shape index (κ3) is 4.51. The molecule has 3 amide bonds. The van der Waals surface area contributed by atoms with Crippen molar-refractivity contribution in [3.8, 4) is 0 Å². The van der Waals surface area contributed by atoms with Gasteiger partial charge in [-0.1, -0.05) is 29.8 Å². The molecule has 0 atom stereocenters. The summed E-state index contributed by atoms with van der Waals surface area (Å²) >= 11 is 0. The zero-order chi connectivity index (χ0) is 21.8. The van der Waals surface area contributed by atoms with E-state index in [1.54, 1.807) is 44.4 Å². The second kappa shape index (κ2) is 8.82. The molecule has 1 aliphatic rings. The van der Waals surface area contributed by atoms with Crippen LogP contribution < -0.4 is 5.73 Å². The number of carbonyl (C=O) groups is 3. The molecule has 1 heterocycles. The van der Waals surface area contributed by atoms with E-state index in [1.807, 2.05) is 18.2 Å². The van der Waals surface area contributed by atoms with Crippen LogP contribution in [0, 0.1) is 0 Å². The van der Waals surface area contributed by atoms with Crippen molar-refractivity contribution in [2.45, 2.75) is 12.8 Å². The summed E-state index contributed by atoms with van der Waals surface area (Å²) in [5, 5.41) is 9.24. The van der Waals surface area contributed by atoms with Gasteiger partial charge in [-0.05, 0) is 53.8 Å². The molecule has 30 heavy (non-hydrogen) atoms. The van der Waals surface area contributed by atoms with Crippen LogP contribution in [0.15, 0.2) is 54.1 Å². The van der Waals surface area contributed by atoms with Gasteiger partial charge in [0.25, 0.3) is 5.91 Å². The number of carbonyl (C=O) groups excluding carboxylic acids is 2. The van der Waals surface area contributed by atoms with E-state index in [0.29, 0.717) is 37.1 Å². The Kier molecular flexibility index (Phi) is 6.20. The molecule has 0 aromatic heterocycles. The van der Waals surface area contributed by atoms with Gasteiger partial charge < -0.3 is 20.6 Å². The van der Waals surface area contributed by atoms with Crippen molar-refractivity contribution in [3.63, 3.8) is 0 Å². The molecule has 0 saturated carbocycles. The van der Waals surface area contributed by atoms with Gasteiger partial charge in [-0.15, -0.1) is 0 Å². The lowest BCUT2D eigenvalue weighted by atomic mass is 9.87. The Balaban J connectivity index is 2.06. The highest BCUT2D eigenvalue weighted by atomic mass is 16.4. The number of hydrogen-bond donors (Lipinski definition) is 2. The van der Waals surface area contributed by atoms with Crippen LogP contribution in [-0.4, -0.2) is 60.0 Å². The minimum Gasteiger partial charge on any atom is -0.465 e. The molecule has 2 aromatic carbocycles. The smallest absolute Gasteiger partial charge is 0.407 e. The van der Waals surface area contributed by atoms with Crippen molar-refractivity contribution < 1.29 is 19.5 Å². The number of benzene rings is 2. The summed E-state index contributed by atoms with van der Waals surface area (Å²) in [6.45, 7) is 0.835. The van der Waals surface area contributed by atoms with Crippen molar-refractivity contribution in [3.05, 3.63) is 76.4 Å². The number of hydrogen-bond acceptors (Lipinski definition) is 3. The molecule has 0 radical (unpaired) electrons. The number of likely N-dealkylation sites (tertiary alicyclic amines) is 1. The van der Waals surface area contributed by atoms with Crippen LogP contribution in [0.25, 0.3) is 5.57 Å². The van der Waals surface area contributed by atoms with Crippen LogP contribution in [0.5, 0.6) is 0 Å². The SMILES string of the molecule is CN(C)C(=O)c1ccc(C(=C2CCN(C(=O)O)CC2)c2cccc(C(N)=O)c2)cc1. The maximum Gasteiger partial charge on any atom is 0.407 e. The van der Waals surface area contributed by atoms with E-state index >= 15 is 0 Å². The summed E-state index contributed by atoms with van der Waals surface area (Å²) in [4.78, 5) is 38.1. The van der Waals surface area contributed by atoms with Gasteiger partial charge in [0.05, 0.1) is 0 Å². The zero-order valence-electron chi connectivity index (χ0n) is 17.1. The number of primary amides is 1. The highest BCUT2D eigenvalue weighted by molar-refractivity contribution is 5.96. The van der Waals surface area contributed by atoms with Gasteiger partial charge in [0.15, 0.2) is 0 Å². The molecule has 1 saturated heterocycles. The highest BCUT2D eigenvalue weighted by Gasteiger charge is 2.22. The third-order valence-corrected chi connectivity index (χ3v) is 5.25. The Morgan fingerprint density at radius 2 is 1.47 bits per heavy atom. The summed E-state index contributed by atoms with van der Waals surface area (Å²) in [5.41, 5.74) is 10.3. The minimum atomic E-state index is -0.919. The van der Waals surface area contributed by atoms with Gasteiger partial charge in [0, 0.05) is 38.3 Å². The van der Waals surface area contributed by atoms with Gasteiger partial charge >= 0.3 is 6.09 Å². The Bertz CT molecular complexity index is 999. The first-order valence-corrected chi connectivity index (χ1v) is 9.70. The van der Waals surface area contributed by atoms with Crippen molar-refractivity contribution in [1.29, 1.82) is 0 Å². The maximum atomic E-state index is 12.2. The van der Waals surface area contributed by atoms with Gasteiger partial charge in [-0.2, -0.15) is 0 Å². The molecule has 1 fully saturated rings. The molecule has 7 nitrogen and oxygen atoms in total. The van der Waals surface area contributed by atoms with Gasteiger partial charge in [0.2, 0.25) is 5.91 Å². The van der Waals surface area contributed by atoms with Crippen LogP contribution in [0.1, 0.15) is 44.7 Å². The average molecular weight is 407 g/mol. The molecule has 1 aliphatic heterocycles. The standard InChI is InChI=1S/C23H25N3O4/c1-25(2)22(28)17-8-6-15(7-9-17)20(16-10-12-26(13-11-16)23(29)30)18-4-3-5-19(14-18)21(24)27/h3-9,14H,10-13H2,1-2H3,(H2,24,27)(H,29,30). The Morgan fingerprint density at radius 1 is 0.900 bits per heavy atom. The van der Waals surface area contributed by atoms with E-state index in [-0.39, 0.29) is 5.91 Å². The molecule has 0 aliphatic carbocycles. The van der Waals surface area contributed by atoms with Crippen molar-refractivity contribution >= 4 is 23.5 Å². The molecule has 156 valence electrons. The second-order valence-corrected chi connectivity index (χ2v) is 7.47. The van der Waals surface area contributed by atoms with Crippen molar-refractivity contribution in [2.24, 2.45) is 5.73 Å². The third-order valence-electron chi connectivity index (χ3n) is 5.25. The van der Waals surface area contributed by atoms with Gasteiger partial charge in [0.1, 0.15) is 0 Å². The molecule has 0 spiro atoms. The van der Waals surface area contributed by atoms with E-state index in [4.69, 9.17) is 5.73 Å². The van der Waals surface area contributed by atoms with Crippen LogP contribution in [0.4, 0.5) is 4.79 Å². The van der Waals surface area contributed by atoms with Crippen molar-refractivity contribution in [1.82, 2.24) is 9.80 Å². The molecular weight excluding hydrogens is 382 g/mol. The molecule has 2 aromatic rings. The Morgan fingerprint density at radius 3 is 2.00 bits per heavy atom. The predicted molar refractivity (Wildman–Crippen MR) is 114 cm³/mol. The maximum absolute atomic E-state index is 12.2. The lowest BCUT2D eigenvalue weighted by Gasteiger charge is -2.28. The molecule has 0 unspecified atom stereocenters. The number of rotatable bonds is 4. The van der Waals surface area contributed by atoms with E-state index in [1.165, 1.54) is 9.80 Å². The van der Waals surface area contributed by atoms with Crippen LogP contribution in [-0.2, 0) is 0 Å². The van der Waals surface area contributed by atoms with E-state index < -0.39 is 12.0 Å². The lowest BCUT2D eigenvalue weighted by Crippen LogP contribution is -2.35. The number of nitrogens with two attached hydrogens (primary N) is 1. The lowest BCUT2D eigenvalue weighted by molar-refractivity contribution is 0.0827. The van der Waals surface area contributed by atoms with Gasteiger partial charge in [-0.3, -0.25) is 9.59 Å². The number of piperidine rings is 1. The molecule has 3 N–H and O–H groups in total. The minimum absolute atomic E-state index is 0.0822. The highest BCUT2D eigenvalue weighted by Crippen LogP contribution is 2.33. The second-order valence-electron chi connectivity index (χ2n) is 7.47. The first-order valence-electron chi connectivity index (χ1n) is 9.70. The number of carboxylic acid groups (broad SMARTS) is 1. The van der Waals surface area contributed by atoms with Crippen LogP contribution in [0.3, 0.4) is 0 Å². The van der Waals surface area contributed by atoms with E-state index in [0.717, 1.165) is 22.3 Å². The molecule has 7 heteroatoms. The number of amides is 3. The van der Waals surface area contributed by atoms with Crippen LogP contribution in [0.2, 0.25) is 0 Å².